The lowest BCUT2D eigenvalue weighted by Crippen LogP contribution is -2.04. The van der Waals surface area contributed by atoms with Crippen molar-refractivity contribution in [2.24, 2.45) is 12.8 Å². The third kappa shape index (κ3) is 1.46. The first kappa shape index (κ1) is 6.15. The molecular formula is C4H9N5. The van der Waals surface area contributed by atoms with Gasteiger partial charge in [-0.25, -0.2) is 0 Å². The van der Waals surface area contributed by atoms with Gasteiger partial charge >= 0.3 is 0 Å². The van der Waals surface area contributed by atoms with E-state index in [1.165, 1.54) is 4.80 Å². The quantitative estimate of drug-likeness (QED) is 0.536. The topological polar surface area (TPSA) is 69.6 Å². The van der Waals surface area contributed by atoms with E-state index in [9.17, 15) is 0 Å². The van der Waals surface area contributed by atoms with Crippen LogP contribution in [0, 0.1) is 0 Å². The van der Waals surface area contributed by atoms with Crippen LogP contribution < -0.4 is 5.73 Å². The highest BCUT2D eigenvalue weighted by Crippen LogP contribution is 1.82. The van der Waals surface area contributed by atoms with E-state index in [-0.39, 0.29) is 0 Å². The molecule has 0 aliphatic rings. The van der Waals surface area contributed by atoms with E-state index >= 15 is 0 Å². The van der Waals surface area contributed by atoms with E-state index in [1.54, 1.807) is 7.05 Å². The average Bonchev–Trinajstić information content (AvgIpc) is 2.17. The van der Waals surface area contributed by atoms with Crippen LogP contribution in [0.25, 0.3) is 0 Å². The molecule has 0 aliphatic heterocycles. The van der Waals surface area contributed by atoms with Crippen LogP contribution in [0.4, 0.5) is 0 Å². The summed E-state index contributed by atoms with van der Waals surface area (Å²) >= 11 is 0. The van der Waals surface area contributed by atoms with E-state index in [0.29, 0.717) is 18.8 Å². The van der Waals surface area contributed by atoms with Crippen LogP contribution in [0.15, 0.2) is 0 Å². The van der Waals surface area contributed by atoms with Crippen LogP contribution in [-0.4, -0.2) is 26.8 Å². The van der Waals surface area contributed by atoms with Gasteiger partial charge in [0, 0.05) is 6.42 Å². The summed E-state index contributed by atoms with van der Waals surface area (Å²) in [6.07, 6.45) is 0.702. The van der Waals surface area contributed by atoms with E-state index < -0.39 is 0 Å². The van der Waals surface area contributed by atoms with Gasteiger partial charge in [-0.05, 0) is 11.8 Å². The fourth-order valence-electron chi connectivity index (χ4n) is 0.552. The van der Waals surface area contributed by atoms with Crippen molar-refractivity contribution in [1.82, 2.24) is 20.2 Å². The second kappa shape index (κ2) is 2.54. The van der Waals surface area contributed by atoms with Gasteiger partial charge in [0.15, 0.2) is 5.82 Å². The van der Waals surface area contributed by atoms with Crippen molar-refractivity contribution >= 4 is 0 Å². The molecular weight excluding hydrogens is 118 g/mol. The predicted molar refractivity (Wildman–Crippen MR) is 31.6 cm³/mol. The lowest BCUT2D eigenvalue weighted by atomic mass is 10.4. The molecule has 50 valence electrons. The Bertz CT molecular complexity index is 181. The molecule has 0 spiro atoms. The van der Waals surface area contributed by atoms with Gasteiger partial charge in [0.05, 0.1) is 7.05 Å². The van der Waals surface area contributed by atoms with Gasteiger partial charge in [-0.3, -0.25) is 0 Å². The molecule has 0 saturated heterocycles. The Balaban J connectivity index is 2.61. The van der Waals surface area contributed by atoms with Gasteiger partial charge in [0.2, 0.25) is 0 Å². The first-order chi connectivity index (χ1) is 4.33. The maximum atomic E-state index is 5.25. The number of hydrogen-bond donors (Lipinski definition) is 1. The normalized spacial score (nSPS) is 10.0. The summed E-state index contributed by atoms with van der Waals surface area (Å²) in [5.74, 6) is 0.708. The molecule has 0 unspecified atom stereocenters. The summed E-state index contributed by atoms with van der Waals surface area (Å²) in [6.45, 7) is 0.575. The Kier molecular flexibility index (Phi) is 1.74. The summed E-state index contributed by atoms with van der Waals surface area (Å²) in [5.41, 5.74) is 5.25. The molecule has 1 aromatic rings. The van der Waals surface area contributed by atoms with Crippen LogP contribution in [-0.2, 0) is 13.5 Å². The molecule has 1 rings (SSSR count). The molecule has 0 aliphatic carbocycles. The molecule has 9 heavy (non-hydrogen) atoms. The maximum absolute atomic E-state index is 5.25. The first-order valence-corrected chi connectivity index (χ1v) is 2.76. The van der Waals surface area contributed by atoms with Crippen LogP contribution in [0.1, 0.15) is 5.82 Å². The van der Waals surface area contributed by atoms with E-state index in [0.717, 1.165) is 0 Å². The number of nitrogens with zero attached hydrogens (tertiary/aromatic N) is 4. The molecule has 1 aromatic heterocycles. The molecule has 0 aromatic carbocycles. The van der Waals surface area contributed by atoms with Crippen molar-refractivity contribution < 1.29 is 0 Å². The lowest BCUT2D eigenvalue weighted by Gasteiger charge is -1.83. The highest BCUT2D eigenvalue weighted by atomic mass is 15.6. The second-order valence-corrected chi connectivity index (χ2v) is 1.73. The Morgan fingerprint density at radius 3 is 2.89 bits per heavy atom. The molecule has 5 nitrogen and oxygen atoms in total. The van der Waals surface area contributed by atoms with E-state index in [1.807, 2.05) is 0 Å². The minimum atomic E-state index is 0.575. The zero-order valence-electron chi connectivity index (χ0n) is 5.28. The number of aromatic nitrogens is 4. The van der Waals surface area contributed by atoms with Gasteiger partial charge in [0.25, 0.3) is 0 Å². The Morgan fingerprint density at radius 2 is 2.44 bits per heavy atom. The van der Waals surface area contributed by atoms with Gasteiger partial charge in [0.1, 0.15) is 0 Å². The molecule has 0 saturated carbocycles. The summed E-state index contributed by atoms with van der Waals surface area (Å²) < 4.78 is 0. The fourth-order valence-corrected chi connectivity index (χ4v) is 0.552. The maximum Gasteiger partial charge on any atom is 0.176 e. The van der Waals surface area contributed by atoms with Crippen molar-refractivity contribution in [3.05, 3.63) is 5.82 Å². The standard InChI is InChI=1S/C4H9N5/c1-9-7-4(2-3-5)6-8-9/h2-3,5H2,1H3. The Morgan fingerprint density at radius 1 is 1.67 bits per heavy atom. The van der Waals surface area contributed by atoms with Crippen molar-refractivity contribution in [2.45, 2.75) is 6.42 Å². The Hall–Kier alpha value is -0.970. The number of nitrogens with two attached hydrogens (primary N) is 1. The largest absolute Gasteiger partial charge is 0.330 e. The SMILES string of the molecule is Cn1nnc(CCN)n1. The number of tetrazole rings is 1. The average molecular weight is 127 g/mol. The highest BCUT2D eigenvalue weighted by molar-refractivity contribution is 4.76. The summed E-state index contributed by atoms with van der Waals surface area (Å²) in [7, 11) is 1.73. The third-order valence-electron chi connectivity index (χ3n) is 0.918. The zero-order chi connectivity index (χ0) is 6.69. The molecule has 0 amide bonds. The van der Waals surface area contributed by atoms with Crippen LogP contribution in [0.2, 0.25) is 0 Å². The van der Waals surface area contributed by atoms with E-state index in [2.05, 4.69) is 15.4 Å². The fraction of sp³-hybridized carbons (Fsp3) is 0.750. The smallest absolute Gasteiger partial charge is 0.176 e. The zero-order valence-corrected chi connectivity index (χ0v) is 5.28. The summed E-state index contributed by atoms with van der Waals surface area (Å²) in [4.78, 5) is 1.42. The molecule has 5 heteroatoms. The van der Waals surface area contributed by atoms with Crippen LogP contribution in [0.5, 0.6) is 0 Å². The number of rotatable bonds is 2. The summed E-state index contributed by atoms with van der Waals surface area (Å²) in [6, 6.07) is 0. The summed E-state index contributed by atoms with van der Waals surface area (Å²) in [5, 5.41) is 11.3. The molecule has 1 heterocycles. The van der Waals surface area contributed by atoms with Gasteiger partial charge in [-0.1, -0.05) is 0 Å². The van der Waals surface area contributed by atoms with Crippen LogP contribution in [0.3, 0.4) is 0 Å². The monoisotopic (exact) mass is 127 g/mol. The molecule has 2 N–H and O–H groups in total. The Labute approximate surface area is 52.8 Å². The third-order valence-corrected chi connectivity index (χ3v) is 0.918. The second-order valence-electron chi connectivity index (χ2n) is 1.73. The minimum absolute atomic E-state index is 0.575. The molecule has 0 fully saturated rings. The predicted octanol–water partition coefficient (Wildman–Crippen LogP) is -1.29. The minimum Gasteiger partial charge on any atom is -0.330 e. The lowest BCUT2D eigenvalue weighted by molar-refractivity contribution is 0.627. The van der Waals surface area contributed by atoms with Gasteiger partial charge < -0.3 is 5.73 Å². The van der Waals surface area contributed by atoms with Crippen molar-refractivity contribution in [3.63, 3.8) is 0 Å². The van der Waals surface area contributed by atoms with Crippen molar-refractivity contribution in [1.29, 1.82) is 0 Å². The van der Waals surface area contributed by atoms with Crippen molar-refractivity contribution in [2.75, 3.05) is 6.54 Å². The number of hydrogen-bond acceptors (Lipinski definition) is 4. The van der Waals surface area contributed by atoms with Gasteiger partial charge in [-0.15, -0.1) is 10.2 Å². The van der Waals surface area contributed by atoms with Gasteiger partial charge in [-0.2, -0.15) is 4.80 Å². The van der Waals surface area contributed by atoms with Crippen LogP contribution >= 0.6 is 0 Å². The molecule has 0 atom stereocenters. The first-order valence-electron chi connectivity index (χ1n) is 2.76. The number of aryl methyl sites for hydroxylation is 1. The van der Waals surface area contributed by atoms with Crippen molar-refractivity contribution in [3.8, 4) is 0 Å². The van der Waals surface area contributed by atoms with E-state index in [4.69, 9.17) is 5.73 Å². The highest BCUT2D eigenvalue weighted by Gasteiger charge is 1.95. The molecule has 0 bridgehead atoms. The molecule has 0 radical (unpaired) electrons.